The van der Waals surface area contributed by atoms with Crippen LogP contribution in [0.25, 0.3) is 0 Å². The molecule has 0 aromatic rings. The Morgan fingerprint density at radius 1 is 1.17 bits per heavy atom. The molecule has 0 aliphatic carbocycles. The molecule has 3 heterocycles. The zero-order chi connectivity index (χ0) is 13.1. The average Bonchev–Trinajstić information content (AvgIpc) is 2.63. The van der Waals surface area contributed by atoms with Crippen LogP contribution in [0, 0.1) is 0 Å². The summed E-state index contributed by atoms with van der Waals surface area (Å²) in [7, 11) is -2.85. The number of hydrogen-bond acceptors (Lipinski definition) is 4. The quantitative estimate of drug-likeness (QED) is 0.770. The van der Waals surface area contributed by atoms with Crippen molar-refractivity contribution in [2.24, 2.45) is 5.73 Å². The van der Waals surface area contributed by atoms with Crippen LogP contribution in [0.1, 0.15) is 46.0 Å². The van der Waals surface area contributed by atoms with Gasteiger partial charge in [0.1, 0.15) is 0 Å². The number of likely N-dealkylation sites (tertiary alicyclic amines) is 1. The van der Waals surface area contributed by atoms with Gasteiger partial charge in [0.25, 0.3) is 0 Å². The van der Waals surface area contributed by atoms with Gasteiger partial charge in [-0.25, -0.2) is 8.42 Å². The molecule has 0 radical (unpaired) electrons. The molecule has 0 aromatic carbocycles. The SMILES string of the molecule is CC(C)N1CCC(N)C12CC1CCC(C2)S1(=O)=O. The molecule has 3 aliphatic rings. The maximum Gasteiger partial charge on any atom is 0.156 e. The fraction of sp³-hybridized carbons (Fsp3) is 1.00. The minimum Gasteiger partial charge on any atom is -0.326 e. The van der Waals surface area contributed by atoms with Crippen molar-refractivity contribution in [1.29, 1.82) is 0 Å². The van der Waals surface area contributed by atoms with Crippen molar-refractivity contribution in [3.8, 4) is 0 Å². The zero-order valence-corrected chi connectivity index (χ0v) is 12.1. The molecule has 2 N–H and O–H groups in total. The molecule has 3 aliphatic heterocycles. The lowest BCUT2D eigenvalue weighted by atomic mass is 9.82. The van der Waals surface area contributed by atoms with Crippen LogP contribution in [0.4, 0.5) is 0 Å². The molecule has 1 spiro atoms. The van der Waals surface area contributed by atoms with Crippen LogP contribution in [-0.4, -0.2) is 48.0 Å². The van der Waals surface area contributed by atoms with E-state index in [9.17, 15) is 8.42 Å². The van der Waals surface area contributed by atoms with Crippen LogP contribution < -0.4 is 5.73 Å². The maximum absolute atomic E-state index is 12.2. The van der Waals surface area contributed by atoms with Gasteiger partial charge in [0.2, 0.25) is 0 Å². The van der Waals surface area contributed by atoms with E-state index in [4.69, 9.17) is 5.73 Å². The van der Waals surface area contributed by atoms with E-state index >= 15 is 0 Å². The highest BCUT2D eigenvalue weighted by atomic mass is 32.2. The third-order valence-corrected chi connectivity index (χ3v) is 8.13. The van der Waals surface area contributed by atoms with Crippen molar-refractivity contribution in [2.75, 3.05) is 6.54 Å². The summed E-state index contributed by atoms with van der Waals surface area (Å²) in [6, 6.07) is 0.609. The van der Waals surface area contributed by atoms with Crippen LogP contribution >= 0.6 is 0 Å². The minimum atomic E-state index is -2.85. The lowest BCUT2D eigenvalue weighted by molar-refractivity contribution is 0.0722. The summed E-state index contributed by atoms with van der Waals surface area (Å²) in [6.45, 7) is 5.42. The second-order valence-corrected chi connectivity index (χ2v) is 9.12. The Hall–Kier alpha value is -0.130. The van der Waals surface area contributed by atoms with Gasteiger partial charge in [0.15, 0.2) is 9.84 Å². The molecule has 3 fully saturated rings. The Kier molecular flexibility index (Phi) is 2.81. The normalized spacial score (nSPS) is 47.2. The summed E-state index contributed by atoms with van der Waals surface area (Å²) in [4.78, 5) is 2.48. The summed E-state index contributed by atoms with van der Waals surface area (Å²) in [6.07, 6.45) is 4.26. The standard InChI is InChI=1S/C13H24N2O2S/c1-9(2)15-6-5-12(14)13(15)7-10-3-4-11(8-13)18(10,16)17/h9-12H,3-8,14H2,1-2H3. The third kappa shape index (κ3) is 1.53. The first-order valence-corrected chi connectivity index (χ1v) is 8.74. The molecule has 2 bridgehead atoms. The number of hydrogen-bond donors (Lipinski definition) is 1. The fourth-order valence-electron chi connectivity index (χ4n) is 4.57. The van der Waals surface area contributed by atoms with Gasteiger partial charge >= 0.3 is 0 Å². The van der Waals surface area contributed by atoms with Gasteiger partial charge in [0, 0.05) is 24.2 Å². The van der Waals surface area contributed by atoms with E-state index < -0.39 is 9.84 Å². The molecule has 104 valence electrons. The van der Waals surface area contributed by atoms with Crippen LogP contribution in [0.5, 0.6) is 0 Å². The molecular formula is C13H24N2O2S. The van der Waals surface area contributed by atoms with E-state index in [1.165, 1.54) is 0 Å². The molecule has 0 amide bonds. The van der Waals surface area contributed by atoms with Crippen molar-refractivity contribution in [3.63, 3.8) is 0 Å². The van der Waals surface area contributed by atoms with Crippen LogP contribution in [0.2, 0.25) is 0 Å². The molecule has 3 atom stereocenters. The summed E-state index contributed by atoms with van der Waals surface area (Å²) < 4.78 is 24.5. The molecule has 0 saturated carbocycles. The van der Waals surface area contributed by atoms with Gasteiger partial charge in [-0.2, -0.15) is 0 Å². The minimum absolute atomic E-state index is 0.0364. The Labute approximate surface area is 110 Å². The molecule has 3 rings (SSSR count). The summed E-state index contributed by atoms with van der Waals surface area (Å²) in [5, 5.41) is -0.247. The highest BCUT2D eigenvalue weighted by Gasteiger charge is 2.59. The molecule has 0 aromatic heterocycles. The van der Waals surface area contributed by atoms with E-state index in [0.717, 1.165) is 38.6 Å². The largest absolute Gasteiger partial charge is 0.326 e. The molecule has 4 nitrogen and oxygen atoms in total. The van der Waals surface area contributed by atoms with Gasteiger partial charge in [0.05, 0.1) is 10.5 Å². The number of nitrogens with two attached hydrogens (primary N) is 1. The zero-order valence-electron chi connectivity index (χ0n) is 11.3. The first kappa shape index (κ1) is 12.9. The lowest BCUT2D eigenvalue weighted by Gasteiger charge is -2.48. The van der Waals surface area contributed by atoms with E-state index in [1.807, 2.05) is 0 Å². The monoisotopic (exact) mass is 272 g/mol. The summed E-state index contributed by atoms with van der Waals surface area (Å²) in [5.41, 5.74) is 6.34. The van der Waals surface area contributed by atoms with Crippen molar-refractivity contribution < 1.29 is 8.42 Å². The Bertz CT molecular complexity index is 426. The van der Waals surface area contributed by atoms with Crippen molar-refractivity contribution >= 4 is 9.84 Å². The van der Waals surface area contributed by atoms with Gasteiger partial charge in [-0.1, -0.05) is 0 Å². The van der Waals surface area contributed by atoms with Gasteiger partial charge in [-0.05, 0) is 46.0 Å². The van der Waals surface area contributed by atoms with E-state index in [2.05, 4.69) is 18.7 Å². The fourth-order valence-corrected chi connectivity index (χ4v) is 7.09. The highest BCUT2D eigenvalue weighted by molar-refractivity contribution is 7.93. The number of nitrogens with zero attached hydrogens (tertiary/aromatic N) is 1. The second-order valence-electron chi connectivity index (χ2n) is 6.60. The first-order chi connectivity index (χ1) is 8.38. The first-order valence-electron chi connectivity index (χ1n) is 7.13. The van der Waals surface area contributed by atoms with Crippen molar-refractivity contribution in [1.82, 2.24) is 4.90 Å². The van der Waals surface area contributed by atoms with Crippen LogP contribution in [-0.2, 0) is 9.84 Å². The third-order valence-electron chi connectivity index (χ3n) is 5.47. The number of fused-ring (bicyclic) bond motifs is 2. The Morgan fingerprint density at radius 3 is 2.22 bits per heavy atom. The summed E-state index contributed by atoms with van der Waals surface area (Å²) in [5.74, 6) is 0. The molecule has 18 heavy (non-hydrogen) atoms. The Morgan fingerprint density at radius 2 is 1.72 bits per heavy atom. The van der Waals surface area contributed by atoms with Crippen molar-refractivity contribution in [2.45, 2.75) is 74.1 Å². The molecule has 3 saturated heterocycles. The predicted molar refractivity (Wildman–Crippen MR) is 72.1 cm³/mol. The smallest absolute Gasteiger partial charge is 0.156 e. The van der Waals surface area contributed by atoms with Gasteiger partial charge in [-0.3, -0.25) is 4.90 Å². The van der Waals surface area contributed by atoms with E-state index in [0.29, 0.717) is 6.04 Å². The Balaban J connectivity index is 1.97. The highest BCUT2D eigenvalue weighted by Crippen LogP contribution is 2.49. The number of rotatable bonds is 1. The lowest BCUT2D eigenvalue weighted by Crippen LogP contribution is -2.61. The molecule has 5 heteroatoms. The topological polar surface area (TPSA) is 63.4 Å². The predicted octanol–water partition coefficient (Wildman–Crippen LogP) is 0.906. The maximum atomic E-state index is 12.2. The molecular weight excluding hydrogens is 248 g/mol. The second kappa shape index (κ2) is 3.93. The van der Waals surface area contributed by atoms with Crippen LogP contribution in [0.15, 0.2) is 0 Å². The average molecular weight is 272 g/mol. The summed E-state index contributed by atoms with van der Waals surface area (Å²) >= 11 is 0. The van der Waals surface area contributed by atoms with Crippen LogP contribution in [0.3, 0.4) is 0 Å². The van der Waals surface area contributed by atoms with E-state index in [-0.39, 0.29) is 22.1 Å². The van der Waals surface area contributed by atoms with E-state index in [1.54, 1.807) is 0 Å². The van der Waals surface area contributed by atoms with Gasteiger partial charge in [-0.15, -0.1) is 0 Å². The number of sulfone groups is 1. The van der Waals surface area contributed by atoms with Crippen molar-refractivity contribution in [3.05, 3.63) is 0 Å². The molecule has 3 unspecified atom stereocenters. The van der Waals surface area contributed by atoms with Gasteiger partial charge < -0.3 is 5.73 Å².